The van der Waals surface area contributed by atoms with Crippen molar-refractivity contribution in [1.82, 2.24) is 60.4 Å². The van der Waals surface area contributed by atoms with Gasteiger partial charge in [-0.15, -0.1) is 0 Å². The lowest BCUT2D eigenvalue weighted by atomic mass is 9.91. The summed E-state index contributed by atoms with van der Waals surface area (Å²) >= 11 is 11.4. The van der Waals surface area contributed by atoms with Crippen LogP contribution >= 0.6 is 113 Å². The van der Waals surface area contributed by atoms with Crippen LogP contribution in [0.25, 0.3) is 120 Å². The fraction of sp³-hybridized carbons (Fsp3) is 0.146. The Bertz CT molecular complexity index is 6110. The molecule has 17 rings (SSSR count). The minimum absolute atomic E-state index is 0.472. The van der Waals surface area contributed by atoms with Crippen LogP contribution in [0.1, 0.15) is 64.2 Å². The van der Waals surface area contributed by atoms with Crippen LogP contribution in [-0.2, 0) is 22.9 Å². The van der Waals surface area contributed by atoms with E-state index in [-0.39, 0.29) is 0 Å². The van der Waals surface area contributed by atoms with E-state index >= 15 is 0 Å². The number of halogens is 5. The smallest absolute Gasteiger partial charge is 0.424 e. The van der Waals surface area contributed by atoms with E-state index in [0.29, 0.717) is 13.5 Å². The Labute approximate surface area is 778 Å². The zero-order chi connectivity index (χ0) is 85.9. The molecule has 0 unspecified atom stereocenters. The quantitative estimate of drug-likeness (QED) is 0.0125. The van der Waals surface area contributed by atoms with Crippen molar-refractivity contribution in [3.8, 4) is 0 Å². The molecule has 25 heteroatoms. The lowest BCUT2D eigenvalue weighted by molar-refractivity contribution is 0.0814. The van der Waals surface area contributed by atoms with Crippen LogP contribution in [0.4, 0.5) is 5.69 Å². The van der Waals surface area contributed by atoms with Gasteiger partial charge in [0.05, 0.1) is 56.9 Å². The number of aromatic nitrogens is 12. The molecule has 0 bridgehead atoms. The zero-order valence-corrected chi connectivity index (χ0v) is 81.6. The monoisotopic (exact) mass is 2200 g/mol. The van der Waals surface area contributed by atoms with E-state index in [1.165, 1.54) is 55.6 Å². The first-order chi connectivity index (χ1) is 58.5. The number of nitrogens with one attached hydrogen (secondary N) is 4. The number of benzene rings is 11. The van der Waals surface area contributed by atoms with Crippen molar-refractivity contribution >= 4 is 262 Å². The largest absolute Gasteiger partial charge is 0.480 e. The van der Waals surface area contributed by atoms with E-state index in [0.717, 1.165) is 115 Å². The van der Waals surface area contributed by atoms with Gasteiger partial charge in [-0.25, -0.2) is 9.36 Å². The fourth-order valence-electron chi connectivity index (χ4n) is 11.7. The Balaban J connectivity index is 0.000000155. The van der Waals surface area contributed by atoms with Crippen molar-refractivity contribution in [2.24, 2.45) is 0 Å². The summed E-state index contributed by atoms with van der Waals surface area (Å²) in [6.07, 6.45) is 22.2. The summed E-state index contributed by atoms with van der Waals surface area (Å²) in [7, 11) is -3.49. The SMILES string of the molecule is C(=C\c1ccc2n[nH]c(/C=C/c3ccccc3)c2c1)/c1ccccc1.CC.C[Si](C)(C)CCOCn1nc(/C=C/c2ccccc2)c2cc(/C=C/c3ccccc3)ccc21.C[Si](C)(C)CCOCn1nc(I)c2cc(I)ccc21.Ic1ccc2[nH]ncc2c1.Ic1ccc2n[nH]c(I)c2c1.Nc1ccc2[nH]ncc2c1.OB(O)/C=C/c1ccccc1. The third kappa shape index (κ3) is 31.5. The van der Waals surface area contributed by atoms with E-state index in [1.54, 1.807) is 12.3 Å². The van der Waals surface area contributed by atoms with Gasteiger partial charge in [0.1, 0.15) is 20.9 Å². The summed E-state index contributed by atoms with van der Waals surface area (Å²) in [6.45, 7) is 20.8. The fourth-order valence-corrected chi connectivity index (χ4v) is 15.9. The van der Waals surface area contributed by atoms with E-state index in [2.05, 4.69) is 398 Å². The van der Waals surface area contributed by atoms with Gasteiger partial charge in [-0.1, -0.05) is 265 Å². The van der Waals surface area contributed by atoms with Gasteiger partial charge in [0, 0.05) is 78.1 Å². The van der Waals surface area contributed by atoms with Crippen molar-refractivity contribution in [3.05, 3.63) is 348 Å². The second-order valence-electron chi connectivity index (χ2n) is 29.9. The highest BCUT2D eigenvalue weighted by Crippen LogP contribution is 2.28. The molecular formula is C96H99BI5N13O4Si2. The molecule has 0 spiro atoms. The third-order valence-electron chi connectivity index (χ3n) is 18.1. The number of H-pyrrole nitrogens is 4. The summed E-state index contributed by atoms with van der Waals surface area (Å²) in [6, 6.07) is 90.4. The van der Waals surface area contributed by atoms with Crippen LogP contribution in [0.2, 0.25) is 51.4 Å². The highest BCUT2D eigenvalue weighted by Gasteiger charge is 2.16. The van der Waals surface area contributed by atoms with Crippen molar-refractivity contribution in [2.75, 3.05) is 18.9 Å². The standard InChI is InChI=1S/C29H32N2OSi.C23H18N2.C13H18I2N2OSi.C8H9BO2.C7H4I2N2.C7H5IN2.C7H7N3.C2H6/c1-33(2,3)21-20-32-23-31-29-19-17-26(15-14-24-10-6-4-7-11-24)22-27(29)28(30-31)18-16-25-12-8-5-9-13-25;1-3-7-18(8-4-1)11-12-20-14-16-23-21(17-20)22(24-25-23)15-13-19-9-5-2-6-10-19;1-19(2,3)7-6-18-9-17-12-5-4-10(14)8-11(12)13(15)16-17;10-9(11)7-6-8-4-2-1-3-5-8;8-4-1-2-6-5(3-4)7(9)11-10-6;2*8-6-1-2-7-5(3-6)4-9-10-7;1-2/h4-19,22H,20-21,23H2,1-3H3;1-17H,(H,24,25);4-5,8H,6-7,9H2,1-3H3;1-7,10-11H;1-3H,(H,10,11);1-4H,(H,9,10);1-4H,8H2,(H,9,10);1-2H3/b15-14+,18-16+;12-11+,15-13+;;7-6+;;;;. The average molecular weight is 2200 g/mol. The molecule has 6 aromatic heterocycles. The molecule has 0 aliphatic carbocycles. The number of anilines is 1. The zero-order valence-electron chi connectivity index (χ0n) is 68.8. The van der Waals surface area contributed by atoms with Crippen LogP contribution in [-0.4, -0.2) is 107 Å². The van der Waals surface area contributed by atoms with Gasteiger partial charge in [-0.2, -0.15) is 30.6 Å². The Morgan fingerprint density at radius 1 is 0.397 bits per heavy atom. The summed E-state index contributed by atoms with van der Waals surface area (Å²) < 4.78 is 21.6. The molecule has 0 radical (unpaired) electrons. The summed E-state index contributed by atoms with van der Waals surface area (Å²) in [5.74, 6) is 1.31. The molecule has 618 valence electrons. The first-order valence-corrected chi connectivity index (χ1v) is 52.4. The molecule has 17 aromatic rings. The van der Waals surface area contributed by atoms with Crippen LogP contribution in [0.5, 0.6) is 0 Å². The minimum Gasteiger partial charge on any atom is -0.424 e. The molecule has 11 aromatic carbocycles. The molecule has 0 aliphatic heterocycles. The van der Waals surface area contributed by atoms with Crippen LogP contribution in [0, 0.1) is 18.1 Å². The van der Waals surface area contributed by atoms with E-state index in [9.17, 15) is 0 Å². The normalized spacial score (nSPS) is 11.4. The Kier molecular flexibility index (Phi) is 37.7. The molecule has 0 amide bonds. The number of aromatic amines is 4. The van der Waals surface area contributed by atoms with Gasteiger partial charge in [-0.3, -0.25) is 20.4 Å². The van der Waals surface area contributed by atoms with Gasteiger partial charge in [0.2, 0.25) is 0 Å². The first-order valence-electron chi connectivity index (χ1n) is 39.6. The summed E-state index contributed by atoms with van der Waals surface area (Å²) in [4.78, 5) is 0. The number of nitrogen functional groups attached to an aromatic ring is 1. The molecule has 0 saturated carbocycles. The number of fused-ring (bicyclic) bond motifs is 6. The molecule has 17 nitrogen and oxygen atoms in total. The molecular weight excluding hydrogens is 2100 g/mol. The van der Waals surface area contributed by atoms with Crippen molar-refractivity contribution in [1.29, 1.82) is 0 Å². The maximum Gasteiger partial charge on any atom is 0.480 e. The lowest BCUT2D eigenvalue weighted by Crippen LogP contribution is -2.22. The van der Waals surface area contributed by atoms with E-state index < -0.39 is 23.3 Å². The predicted molar refractivity (Wildman–Crippen MR) is 559 cm³/mol. The highest BCUT2D eigenvalue weighted by molar-refractivity contribution is 14.1. The average Bonchev–Trinajstić information content (AvgIpc) is 1.65. The third-order valence-corrected chi connectivity index (χ3v) is 25.1. The second-order valence-corrected chi connectivity index (χ2v) is 47.0. The molecule has 6 heterocycles. The van der Waals surface area contributed by atoms with Gasteiger partial charge in [0.25, 0.3) is 0 Å². The van der Waals surface area contributed by atoms with E-state index in [1.807, 2.05) is 139 Å². The van der Waals surface area contributed by atoms with Gasteiger partial charge >= 0.3 is 7.12 Å². The minimum atomic E-state index is -1.37. The van der Waals surface area contributed by atoms with Gasteiger partial charge in [-0.05, 0) is 273 Å². The Morgan fingerprint density at radius 2 is 0.802 bits per heavy atom. The van der Waals surface area contributed by atoms with Crippen LogP contribution in [0.15, 0.2) is 279 Å². The Morgan fingerprint density at radius 3 is 1.34 bits per heavy atom. The summed E-state index contributed by atoms with van der Waals surface area (Å²) in [5, 5.41) is 61.4. The Hall–Kier alpha value is -9.27. The van der Waals surface area contributed by atoms with Crippen molar-refractivity contribution in [3.63, 3.8) is 0 Å². The number of ether oxygens (including phenoxy) is 2. The molecule has 0 atom stereocenters. The second kappa shape index (κ2) is 48.5. The molecule has 0 saturated heterocycles. The molecule has 121 heavy (non-hydrogen) atoms. The van der Waals surface area contributed by atoms with Gasteiger partial charge in [0.15, 0.2) is 0 Å². The maximum absolute atomic E-state index is 8.48. The van der Waals surface area contributed by atoms with Crippen LogP contribution in [0.3, 0.4) is 0 Å². The molecule has 0 fully saturated rings. The molecule has 0 aliphatic rings. The topological polar surface area (TPSA) is 235 Å². The molecule has 8 N–H and O–H groups in total. The van der Waals surface area contributed by atoms with E-state index in [4.69, 9.17) is 30.4 Å². The highest BCUT2D eigenvalue weighted by atomic mass is 127. The number of hydrogen-bond donors (Lipinski definition) is 7. The first kappa shape index (κ1) is 94.0. The van der Waals surface area contributed by atoms with Crippen molar-refractivity contribution in [2.45, 2.75) is 78.7 Å². The van der Waals surface area contributed by atoms with Crippen LogP contribution < -0.4 is 5.73 Å². The number of nitrogens with two attached hydrogens (primary N) is 1. The maximum atomic E-state index is 8.48. The van der Waals surface area contributed by atoms with Crippen molar-refractivity contribution < 1.29 is 19.5 Å². The predicted octanol–water partition coefficient (Wildman–Crippen LogP) is 26.0. The van der Waals surface area contributed by atoms with Gasteiger partial charge < -0.3 is 25.3 Å². The lowest BCUT2D eigenvalue weighted by Gasteiger charge is -2.15. The number of nitrogens with zero attached hydrogens (tertiary/aromatic N) is 8. The summed E-state index contributed by atoms with van der Waals surface area (Å²) in [5.41, 5.74) is 22.6. The number of hydrogen-bond acceptors (Lipinski definition) is 11. The number of rotatable bonds is 20.